The SMILES string of the molecule is Cc1cccc2c1ccc1oc3ccc4ccccc4c3c12. The van der Waals surface area contributed by atoms with E-state index < -0.39 is 0 Å². The monoisotopic (exact) mass is 282 g/mol. The molecular weight excluding hydrogens is 268 g/mol. The van der Waals surface area contributed by atoms with E-state index in [-0.39, 0.29) is 0 Å². The predicted octanol–water partition coefficient (Wildman–Crippen LogP) is 6.20. The third-order valence-corrected chi connectivity index (χ3v) is 4.60. The van der Waals surface area contributed by atoms with Gasteiger partial charge in [0.1, 0.15) is 11.2 Å². The van der Waals surface area contributed by atoms with Crippen molar-refractivity contribution in [2.45, 2.75) is 6.92 Å². The van der Waals surface area contributed by atoms with Crippen molar-refractivity contribution in [3.8, 4) is 0 Å². The maximum Gasteiger partial charge on any atom is 0.136 e. The van der Waals surface area contributed by atoms with Crippen LogP contribution in [0.5, 0.6) is 0 Å². The van der Waals surface area contributed by atoms with Crippen LogP contribution in [0.15, 0.2) is 71.1 Å². The van der Waals surface area contributed by atoms with Gasteiger partial charge in [0.2, 0.25) is 0 Å². The molecule has 5 aromatic rings. The predicted molar refractivity (Wildman–Crippen MR) is 93.5 cm³/mol. The lowest BCUT2D eigenvalue weighted by Gasteiger charge is -2.04. The van der Waals surface area contributed by atoms with Gasteiger partial charge in [0, 0.05) is 10.8 Å². The number of rotatable bonds is 0. The number of hydrogen-bond acceptors (Lipinski definition) is 1. The van der Waals surface area contributed by atoms with E-state index in [1.807, 2.05) is 0 Å². The average molecular weight is 282 g/mol. The molecule has 22 heavy (non-hydrogen) atoms. The van der Waals surface area contributed by atoms with Gasteiger partial charge in [-0.1, -0.05) is 54.6 Å². The largest absolute Gasteiger partial charge is 0.456 e. The van der Waals surface area contributed by atoms with Crippen molar-refractivity contribution in [2.75, 3.05) is 0 Å². The van der Waals surface area contributed by atoms with Crippen LogP contribution in [0.1, 0.15) is 5.56 Å². The Morgan fingerprint density at radius 2 is 1.32 bits per heavy atom. The molecule has 1 aromatic heterocycles. The van der Waals surface area contributed by atoms with E-state index in [1.54, 1.807) is 0 Å². The van der Waals surface area contributed by atoms with E-state index in [2.05, 4.69) is 73.7 Å². The second-order valence-corrected chi connectivity index (χ2v) is 5.87. The normalized spacial score (nSPS) is 11.9. The number of fused-ring (bicyclic) bond motifs is 7. The van der Waals surface area contributed by atoms with Crippen molar-refractivity contribution in [1.29, 1.82) is 0 Å². The standard InChI is InChI=1S/C21H14O/c1-13-5-4-8-17-15(13)10-12-19-21(17)20-16-7-3-2-6-14(16)9-11-18(20)22-19/h2-12H,1H3. The maximum atomic E-state index is 6.11. The first kappa shape index (κ1) is 11.8. The minimum Gasteiger partial charge on any atom is -0.456 e. The fourth-order valence-electron chi connectivity index (χ4n) is 3.55. The van der Waals surface area contributed by atoms with E-state index in [1.165, 1.54) is 37.9 Å². The van der Waals surface area contributed by atoms with Gasteiger partial charge in [-0.2, -0.15) is 0 Å². The summed E-state index contributed by atoms with van der Waals surface area (Å²) in [5, 5.41) is 7.53. The van der Waals surface area contributed by atoms with Crippen LogP contribution >= 0.6 is 0 Å². The van der Waals surface area contributed by atoms with E-state index in [9.17, 15) is 0 Å². The molecule has 1 nitrogen and oxygen atoms in total. The summed E-state index contributed by atoms with van der Waals surface area (Å²) in [7, 11) is 0. The van der Waals surface area contributed by atoms with Crippen LogP contribution in [-0.4, -0.2) is 0 Å². The van der Waals surface area contributed by atoms with E-state index in [0.29, 0.717) is 0 Å². The van der Waals surface area contributed by atoms with Gasteiger partial charge >= 0.3 is 0 Å². The minimum atomic E-state index is 0.961. The second-order valence-electron chi connectivity index (χ2n) is 5.87. The zero-order chi connectivity index (χ0) is 14.7. The van der Waals surface area contributed by atoms with E-state index >= 15 is 0 Å². The molecule has 0 saturated heterocycles. The molecule has 5 rings (SSSR count). The molecule has 1 heterocycles. The molecule has 0 bridgehead atoms. The van der Waals surface area contributed by atoms with E-state index in [0.717, 1.165) is 11.2 Å². The van der Waals surface area contributed by atoms with Gasteiger partial charge in [0.05, 0.1) is 0 Å². The van der Waals surface area contributed by atoms with E-state index in [4.69, 9.17) is 4.42 Å². The summed E-state index contributed by atoms with van der Waals surface area (Å²) in [6.45, 7) is 2.16. The Kier molecular flexibility index (Phi) is 2.21. The molecule has 0 aliphatic heterocycles. The average Bonchev–Trinajstić information content (AvgIpc) is 2.94. The summed E-state index contributed by atoms with van der Waals surface area (Å²) in [6.07, 6.45) is 0. The first-order chi connectivity index (χ1) is 10.8. The van der Waals surface area contributed by atoms with Crippen LogP contribution < -0.4 is 0 Å². The lowest BCUT2D eigenvalue weighted by molar-refractivity contribution is 0.669. The molecule has 104 valence electrons. The van der Waals surface area contributed by atoms with Crippen LogP contribution in [0.2, 0.25) is 0 Å². The highest BCUT2D eigenvalue weighted by atomic mass is 16.3. The summed E-state index contributed by atoms with van der Waals surface area (Å²) in [6, 6.07) is 23.5. The third-order valence-electron chi connectivity index (χ3n) is 4.60. The van der Waals surface area contributed by atoms with Crippen LogP contribution in [0, 0.1) is 6.92 Å². The third kappa shape index (κ3) is 1.43. The Labute approximate surface area is 127 Å². The number of aryl methyl sites for hydroxylation is 1. The molecule has 0 saturated carbocycles. The quantitative estimate of drug-likeness (QED) is 0.329. The van der Waals surface area contributed by atoms with Gasteiger partial charge in [-0.05, 0) is 46.2 Å². The molecule has 0 aliphatic carbocycles. The molecule has 0 aliphatic rings. The molecule has 0 unspecified atom stereocenters. The topological polar surface area (TPSA) is 13.1 Å². The first-order valence-electron chi connectivity index (χ1n) is 7.55. The van der Waals surface area contributed by atoms with Crippen molar-refractivity contribution in [1.82, 2.24) is 0 Å². The second kappa shape index (κ2) is 4.11. The number of furan rings is 1. The number of benzene rings is 4. The summed E-state index contributed by atoms with van der Waals surface area (Å²) >= 11 is 0. The highest BCUT2D eigenvalue weighted by Crippen LogP contribution is 2.38. The smallest absolute Gasteiger partial charge is 0.136 e. The zero-order valence-corrected chi connectivity index (χ0v) is 12.3. The van der Waals surface area contributed by atoms with Crippen molar-refractivity contribution in [3.63, 3.8) is 0 Å². The van der Waals surface area contributed by atoms with Crippen molar-refractivity contribution in [2.24, 2.45) is 0 Å². The van der Waals surface area contributed by atoms with Crippen molar-refractivity contribution < 1.29 is 4.42 Å². The molecule has 0 spiro atoms. The fourth-order valence-corrected chi connectivity index (χ4v) is 3.55. The Bertz CT molecular complexity index is 1180. The molecule has 4 aromatic carbocycles. The molecule has 0 N–H and O–H groups in total. The van der Waals surface area contributed by atoms with Gasteiger partial charge in [-0.3, -0.25) is 0 Å². The molecule has 0 fully saturated rings. The van der Waals surface area contributed by atoms with Crippen LogP contribution in [-0.2, 0) is 0 Å². The molecule has 1 heteroatoms. The summed E-state index contributed by atoms with van der Waals surface area (Å²) < 4.78 is 6.11. The van der Waals surface area contributed by atoms with Crippen molar-refractivity contribution >= 4 is 43.5 Å². The lowest BCUT2D eigenvalue weighted by atomic mass is 9.98. The van der Waals surface area contributed by atoms with Gasteiger partial charge in [-0.25, -0.2) is 0 Å². The zero-order valence-electron chi connectivity index (χ0n) is 12.3. The van der Waals surface area contributed by atoms with Crippen LogP contribution in [0.25, 0.3) is 43.5 Å². The lowest BCUT2D eigenvalue weighted by Crippen LogP contribution is -1.79. The minimum absolute atomic E-state index is 0.961. The van der Waals surface area contributed by atoms with Gasteiger partial charge < -0.3 is 4.42 Å². The molecular formula is C21H14O. The highest BCUT2D eigenvalue weighted by molar-refractivity contribution is 6.26. The van der Waals surface area contributed by atoms with Crippen molar-refractivity contribution in [3.05, 3.63) is 72.3 Å². The Hall–Kier alpha value is -2.80. The van der Waals surface area contributed by atoms with Crippen LogP contribution in [0.4, 0.5) is 0 Å². The summed E-state index contributed by atoms with van der Waals surface area (Å²) in [5.74, 6) is 0. The Morgan fingerprint density at radius 1 is 0.591 bits per heavy atom. The first-order valence-corrected chi connectivity index (χ1v) is 7.55. The van der Waals surface area contributed by atoms with Gasteiger partial charge in [-0.15, -0.1) is 0 Å². The summed E-state index contributed by atoms with van der Waals surface area (Å²) in [5.41, 5.74) is 3.22. The Balaban J connectivity index is 2.16. The highest BCUT2D eigenvalue weighted by Gasteiger charge is 2.13. The van der Waals surface area contributed by atoms with Gasteiger partial charge in [0.25, 0.3) is 0 Å². The summed E-state index contributed by atoms with van der Waals surface area (Å²) in [4.78, 5) is 0. The van der Waals surface area contributed by atoms with Gasteiger partial charge in [0.15, 0.2) is 0 Å². The maximum absolute atomic E-state index is 6.11. The van der Waals surface area contributed by atoms with Crippen LogP contribution in [0.3, 0.4) is 0 Å². The molecule has 0 amide bonds. The number of hydrogen-bond donors (Lipinski definition) is 0. The Morgan fingerprint density at radius 3 is 2.23 bits per heavy atom. The fraction of sp³-hybridized carbons (Fsp3) is 0.0476. The molecule has 0 radical (unpaired) electrons. The molecule has 0 atom stereocenters.